The highest BCUT2D eigenvalue weighted by Gasteiger charge is 2.18. The first-order valence-electron chi connectivity index (χ1n) is 2.98. The molecule has 1 aromatic heterocycles. The van der Waals surface area contributed by atoms with E-state index in [9.17, 15) is 9.59 Å². The van der Waals surface area contributed by atoms with Crippen LogP contribution in [0.4, 0.5) is 0 Å². The van der Waals surface area contributed by atoms with Crippen molar-refractivity contribution in [3.8, 4) is 0 Å². The molecule has 1 heterocycles. The van der Waals surface area contributed by atoms with Crippen LogP contribution in [-0.2, 0) is 4.74 Å². The van der Waals surface area contributed by atoms with Gasteiger partial charge in [-0.3, -0.25) is 9.89 Å². The van der Waals surface area contributed by atoms with Crippen molar-refractivity contribution in [3.63, 3.8) is 0 Å². The quantitative estimate of drug-likeness (QED) is 0.547. The van der Waals surface area contributed by atoms with E-state index in [4.69, 9.17) is 11.6 Å². The molecule has 0 aromatic carbocycles. The summed E-state index contributed by atoms with van der Waals surface area (Å²) < 4.78 is 4.35. The summed E-state index contributed by atoms with van der Waals surface area (Å²) in [5, 5.41) is 5.81. The van der Waals surface area contributed by atoms with Gasteiger partial charge in [-0.15, -0.1) is 0 Å². The minimum absolute atomic E-state index is 0.0171. The Morgan fingerprint density at radius 1 is 1.75 bits per heavy atom. The van der Waals surface area contributed by atoms with Gasteiger partial charge in [-0.05, 0) is 0 Å². The van der Waals surface area contributed by atoms with Crippen LogP contribution in [0.3, 0.4) is 0 Å². The normalized spacial score (nSPS) is 9.50. The number of hydrogen-bond donors (Lipinski definition) is 1. The van der Waals surface area contributed by atoms with Crippen molar-refractivity contribution in [2.75, 3.05) is 7.11 Å². The Morgan fingerprint density at radius 3 is 2.92 bits per heavy atom. The highest BCUT2D eigenvalue weighted by molar-refractivity contribution is 6.32. The number of carbonyl (C=O) groups excluding carboxylic acids is 2. The van der Waals surface area contributed by atoms with Crippen molar-refractivity contribution < 1.29 is 14.3 Å². The molecule has 0 spiro atoms. The third kappa shape index (κ3) is 1.31. The van der Waals surface area contributed by atoms with Crippen molar-refractivity contribution in [2.45, 2.75) is 0 Å². The Bertz CT molecular complexity index is 321. The number of nitrogens with one attached hydrogen (secondary N) is 1. The fourth-order valence-electron chi connectivity index (χ4n) is 0.689. The first-order valence-corrected chi connectivity index (χ1v) is 3.36. The maximum atomic E-state index is 10.9. The molecule has 12 heavy (non-hydrogen) atoms. The van der Waals surface area contributed by atoms with Crippen LogP contribution in [0.25, 0.3) is 0 Å². The SMILES string of the molecule is COC(=O)c1n[nH]c(Cl)c1C=O. The first-order chi connectivity index (χ1) is 5.70. The first kappa shape index (κ1) is 8.73. The van der Waals surface area contributed by atoms with E-state index in [1.54, 1.807) is 0 Å². The van der Waals surface area contributed by atoms with E-state index in [0.29, 0.717) is 6.29 Å². The van der Waals surface area contributed by atoms with Gasteiger partial charge in [-0.2, -0.15) is 5.10 Å². The third-order valence-electron chi connectivity index (χ3n) is 1.25. The van der Waals surface area contributed by atoms with E-state index in [1.165, 1.54) is 7.11 Å². The average Bonchev–Trinajstić information content (AvgIpc) is 2.45. The summed E-state index contributed by atoms with van der Waals surface area (Å²) in [5.74, 6) is -0.694. The van der Waals surface area contributed by atoms with Gasteiger partial charge >= 0.3 is 5.97 Å². The van der Waals surface area contributed by atoms with Gasteiger partial charge in [0.15, 0.2) is 12.0 Å². The number of methoxy groups -OCH3 is 1. The highest BCUT2D eigenvalue weighted by Crippen LogP contribution is 2.14. The lowest BCUT2D eigenvalue weighted by Gasteiger charge is -1.92. The van der Waals surface area contributed by atoms with Crippen LogP contribution < -0.4 is 0 Å². The van der Waals surface area contributed by atoms with Gasteiger partial charge < -0.3 is 4.74 Å². The lowest BCUT2D eigenvalue weighted by Crippen LogP contribution is -2.04. The molecule has 1 aromatic rings. The molecule has 0 saturated carbocycles. The molecule has 0 aliphatic carbocycles. The molecule has 0 aliphatic rings. The standard InChI is InChI=1S/C6H5ClN2O3/c1-12-6(11)4-3(2-10)5(7)9-8-4/h2H,1H3,(H,8,9). The van der Waals surface area contributed by atoms with Gasteiger partial charge in [0.2, 0.25) is 0 Å². The molecule has 5 nitrogen and oxygen atoms in total. The van der Waals surface area contributed by atoms with E-state index >= 15 is 0 Å². The van der Waals surface area contributed by atoms with E-state index in [1.807, 2.05) is 0 Å². The van der Waals surface area contributed by atoms with Crippen LogP contribution in [0.5, 0.6) is 0 Å². The predicted octanol–water partition coefficient (Wildman–Crippen LogP) is 0.662. The van der Waals surface area contributed by atoms with Crippen molar-refractivity contribution >= 4 is 23.9 Å². The van der Waals surface area contributed by atoms with Gasteiger partial charge in [-0.1, -0.05) is 11.6 Å². The summed E-state index contributed by atoms with van der Waals surface area (Å²) in [6.45, 7) is 0. The Labute approximate surface area is 72.7 Å². The van der Waals surface area contributed by atoms with Crippen molar-refractivity contribution in [2.24, 2.45) is 0 Å². The van der Waals surface area contributed by atoms with Crippen LogP contribution in [0.15, 0.2) is 0 Å². The number of hydrogen-bond acceptors (Lipinski definition) is 4. The molecule has 6 heteroatoms. The Balaban J connectivity index is 3.15. The molecule has 0 atom stereocenters. The average molecular weight is 189 g/mol. The minimum atomic E-state index is -0.694. The molecule has 0 unspecified atom stereocenters. The predicted molar refractivity (Wildman–Crippen MR) is 40.3 cm³/mol. The number of aromatic amines is 1. The maximum absolute atomic E-state index is 10.9. The van der Waals surface area contributed by atoms with Gasteiger partial charge in [-0.25, -0.2) is 4.79 Å². The summed E-state index contributed by atoms with van der Waals surface area (Å²) >= 11 is 5.49. The van der Waals surface area contributed by atoms with Crippen LogP contribution in [0.1, 0.15) is 20.8 Å². The third-order valence-corrected chi connectivity index (χ3v) is 1.54. The summed E-state index contributed by atoms with van der Waals surface area (Å²) in [6, 6.07) is 0. The maximum Gasteiger partial charge on any atom is 0.359 e. The number of aldehydes is 1. The molecule has 1 N–H and O–H groups in total. The summed E-state index contributed by atoms with van der Waals surface area (Å²) in [7, 11) is 1.19. The number of esters is 1. The molecule has 0 bridgehead atoms. The molecule has 0 fully saturated rings. The number of carbonyl (C=O) groups is 2. The van der Waals surface area contributed by atoms with Crippen molar-refractivity contribution in [1.82, 2.24) is 10.2 Å². The number of H-pyrrole nitrogens is 1. The summed E-state index contributed by atoms with van der Waals surface area (Å²) in [4.78, 5) is 21.3. The number of nitrogens with zero attached hydrogens (tertiary/aromatic N) is 1. The largest absolute Gasteiger partial charge is 0.464 e. The second-order valence-electron chi connectivity index (χ2n) is 1.91. The van der Waals surface area contributed by atoms with E-state index in [-0.39, 0.29) is 16.4 Å². The minimum Gasteiger partial charge on any atom is -0.464 e. The molecule has 0 aliphatic heterocycles. The fourth-order valence-corrected chi connectivity index (χ4v) is 0.866. The van der Waals surface area contributed by atoms with Crippen molar-refractivity contribution in [1.29, 1.82) is 0 Å². The van der Waals surface area contributed by atoms with Gasteiger partial charge in [0.1, 0.15) is 5.15 Å². The molecular formula is C6H5ClN2O3. The number of halogens is 1. The van der Waals surface area contributed by atoms with Gasteiger partial charge in [0.05, 0.1) is 12.7 Å². The monoisotopic (exact) mass is 188 g/mol. The Morgan fingerprint density at radius 2 is 2.42 bits per heavy atom. The second-order valence-corrected chi connectivity index (χ2v) is 2.29. The van der Waals surface area contributed by atoms with E-state index < -0.39 is 5.97 Å². The zero-order valence-corrected chi connectivity index (χ0v) is 6.88. The lowest BCUT2D eigenvalue weighted by atomic mass is 10.3. The van der Waals surface area contributed by atoms with Crippen LogP contribution >= 0.6 is 11.6 Å². The summed E-state index contributed by atoms with van der Waals surface area (Å²) in [6.07, 6.45) is 0.443. The summed E-state index contributed by atoms with van der Waals surface area (Å²) in [5.41, 5.74) is -0.0824. The zero-order chi connectivity index (χ0) is 9.14. The molecule has 0 amide bonds. The van der Waals surface area contributed by atoms with Crippen molar-refractivity contribution in [3.05, 3.63) is 16.4 Å². The molecule has 64 valence electrons. The number of aromatic nitrogens is 2. The highest BCUT2D eigenvalue weighted by atomic mass is 35.5. The second kappa shape index (κ2) is 3.36. The van der Waals surface area contributed by atoms with E-state index in [0.717, 1.165) is 0 Å². The van der Waals surface area contributed by atoms with E-state index in [2.05, 4.69) is 14.9 Å². The van der Waals surface area contributed by atoms with Gasteiger partial charge in [0, 0.05) is 0 Å². The number of rotatable bonds is 2. The zero-order valence-electron chi connectivity index (χ0n) is 6.13. The molecule has 0 saturated heterocycles. The lowest BCUT2D eigenvalue weighted by molar-refractivity contribution is 0.0591. The van der Waals surface area contributed by atoms with Gasteiger partial charge in [0.25, 0.3) is 0 Å². The smallest absolute Gasteiger partial charge is 0.359 e. The van der Waals surface area contributed by atoms with Crippen LogP contribution in [0, 0.1) is 0 Å². The Kier molecular flexibility index (Phi) is 2.44. The topological polar surface area (TPSA) is 72.0 Å². The van der Waals surface area contributed by atoms with Crippen LogP contribution in [-0.4, -0.2) is 29.6 Å². The molecular weight excluding hydrogens is 184 g/mol. The molecule has 1 rings (SSSR count). The Hall–Kier alpha value is -1.36. The fraction of sp³-hybridized carbons (Fsp3) is 0.167. The number of ether oxygens (including phenoxy) is 1. The molecule has 0 radical (unpaired) electrons. The van der Waals surface area contributed by atoms with Crippen LogP contribution in [0.2, 0.25) is 5.15 Å².